The maximum Gasteiger partial charge on any atom is 0.341 e. The number of ether oxygens (including phenoxy) is 2. The molecule has 2 unspecified atom stereocenters. The SMILES string of the molecule is O=C(O)COCCSC(c1cccc(OCC(=O)O)c1)C(O)c1cccc(/C=C/c2ccc3ccc(Cl)cc3n2)c1. The summed E-state index contributed by atoms with van der Waals surface area (Å²) in [6.45, 7) is -0.706. The Labute approximate surface area is 246 Å². The summed E-state index contributed by atoms with van der Waals surface area (Å²) in [4.78, 5) is 26.4. The molecule has 0 aliphatic heterocycles. The highest BCUT2D eigenvalue weighted by atomic mass is 35.5. The van der Waals surface area contributed by atoms with Gasteiger partial charge in [-0.25, -0.2) is 14.6 Å². The number of thioether (sulfide) groups is 1. The molecule has 0 saturated heterocycles. The molecule has 3 N–H and O–H groups in total. The van der Waals surface area contributed by atoms with Crippen molar-refractivity contribution in [2.45, 2.75) is 11.4 Å². The first-order chi connectivity index (χ1) is 19.8. The third-order valence-corrected chi connectivity index (χ3v) is 7.49. The molecule has 1 heterocycles. The Morgan fingerprint density at radius 3 is 2.46 bits per heavy atom. The van der Waals surface area contributed by atoms with Crippen LogP contribution >= 0.6 is 23.4 Å². The topological polar surface area (TPSA) is 126 Å². The number of nitrogens with zero attached hydrogens (tertiary/aromatic N) is 1. The first-order valence-corrected chi connectivity index (χ1v) is 14.1. The molecule has 0 bridgehead atoms. The van der Waals surface area contributed by atoms with Gasteiger partial charge in [0.15, 0.2) is 6.61 Å². The van der Waals surface area contributed by atoms with Crippen LogP contribution in [0.2, 0.25) is 5.02 Å². The zero-order valence-electron chi connectivity index (χ0n) is 21.9. The molecule has 0 fully saturated rings. The molecule has 0 aliphatic rings. The number of aliphatic carboxylic acids is 2. The van der Waals surface area contributed by atoms with Crippen LogP contribution in [-0.4, -0.2) is 57.8 Å². The average molecular weight is 594 g/mol. The van der Waals surface area contributed by atoms with Crippen LogP contribution < -0.4 is 4.74 Å². The second-order valence-corrected chi connectivity index (χ2v) is 10.7. The van der Waals surface area contributed by atoms with Crippen LogP contribution in [-0.2, 0) is 14.3 Å². The standard InChI is InChI=1S/C31H28ClNO7S/c32-24-10-8-21-9-12-25(33-27(21)17-24)11-7-20-3-1-4-22(15-20)30(38)31(41-14-13-39-18-28(34)35)23-5-2-6-26(16-23)40-19-29(36)37/h1-12,15-17,30-31,38H,13-14,18-19H2,(H,34,35)(H,36,37)/b11-7+. The van der Waals surface area contributed by atoms with Gasteiger partial charge in [-0.1, -0.05) is 60.1 Å². The van der Waals surface area contributed by atoms with Gasteiger partial charge in [0.25, 0.3) is 0 Å². The van der Waals surface area contributed by atoms with Gasteiger partial charge in [-0.15, -0.1) is 11.8 Å². The lowest BCUT2D eigenvalue weighted by atomic mass is 9.98. The molecule has 41 heavy (non-hydrogen) atoms. The van der Waals surface area contributed by atoms with Gasteiger partial charge in [-0.2, -0.15) is 0 Å². The molecular formula is C31H28ClNO7S. The van der Waals surface area contributed by atoms with Crippen LogP contribution in [0.3, 0.4) is 0 Å². The zero-order chi connectivity index (χ0) is 29.2. The minimum absolute atomic E-state index is 0.183. The number of hydrogen-bond acceptors (Lipinski definition) is 7. The zero-order valence-corrected chi connectivity index (χ0v) is 23.4. The molecule has 0 radical (unpaired) electrons. The number of benzene rings is 3. The third-order valence-electron chi connectivity index (χ3n) is 5.96. The van der Waals surface area contributed by atoms with E-state index in [0.29, 0.717) is 22.1 Å². The minimum atomic E-state index is -1.09. The summed E-state index contributed by atoms with van der Waals surface area (Å²) in [5, 5.41) is 30.4. The van der Waals surface area contributed by atoms with Crippen molar-refractivity contribution in [2.75, 3.05) is 25.6 Å². The smallest absolute Gasteiger partial charge is 0.341 e. The second kappa shape index (κ2) is 14.7. The van der Waals surface area contributed by atoms with E-state index in [9.17, 15) is 14.7 Å². The Balaban J connectivity index is 1.54. The van der Waals surface area contributed by atoms with Gasteiger partial charge >= 0.3 is 11.9 Å². The highest BCUT2D eigenvalue weighted by Crippen LogP contribution is 2.41. The summed E-state index contributed by atoms with van der Waals surface area (Å²) in [6.07, 6.45) is 2.86. The summed E-state index contributed by atoms with van der Waals surface area (Å²) >= 11 is 7.52. The summed E-state index contributed by atoms with van der Waals surface area (Å²) in [7, 11) is 0. The Hall–Kier alpha value is -3.89. The number of carboxylic acid groups (broad SMARTS) is 2. The molecule has 212 valence electrons. The lowest BCUT2D eigenvalue weighted by Gasteiger charge is -2.24. The van der Waals surface area contributed by atoms with E-state index in [0.717, 1.165) is 27.7 Å². The Morgan fingerprint density at radius 2 is 1.66 bits per heavy atom. The molecule has 2 atom stereocenters. The van der Waals surface area contributed by atoms with Crippen LogP contribution in [0.4, 0.5) is 0 Å². The summed E-state index contributed by atoms with van der Waals surface area (Å²) in [5.74, 6) is -1.36. The van der Waals surface area contributed by atoms with Gasteiger partial charge < -0.3 is 24.8 Å². The number of fused-ring (bicyclic) bond motifs is 1. The molecule has 0 spiro atoms. The van der Waals surface area contributed by atoms with E-state index in [2.05, 4.69) is 4.98 Å². The maximum absolute atomic E-state index is 11.5. The first-order valence-electron chi connectivity index (χ1n) is 12.7. The van der Waals surface area contributed by atoms with E-state index in [4.69, 9.17) is 31.3 Å². The molecule has 0 amide bonds. The van der Waals surface area contributed by atoms with E-state index < -0.39 is 36.5 Å². The molecule has 0 saturated carbocycles. The van der Waals surface area contributed by atoms with Crippen molar-refractivity contribution in [1.82, 2.24) is 4.98 Å². The van der Waals surface area contributed by atoms with Crippen molar-refractivity contribution in [3.63, 3.8) is 0 Å². The molecule has 3 aromatic carbocycles. The van der Waals surface area contributed by atoms with Gasteiger partial charge in [0.1, 0.15) is 12.4 Å². The van der Waals surface area contributed by atoms with Crippen LogP contribution in [0.15, 0.2) is 78.9 Å². The van der Waals surface area contributed by atoms with E-state index >= 15 is 0 Å². The summed E-state index contributed by atoms with van der Waals surface area (Å²) in [5.41, 5.74) is 3.82. The number of halogens is 1. The number of carbonyl (C=O) groups is 2. The monoisotopic (exact) mass is 593 g/mol. The highest BCUT2D eigenvalue weighted by molar-refractivity contribution is 7.99. The van der Waals surface area contributed by atoms with Crippen LogP contribution in [0.5, 0.6) is 5.75 Å². The van der Waals surface area contributed by atoms with Crippen molar-refractivity contribution >= 4 is 58.4 Å². The van der Waals surface area contributed by atoms with Gasteiger partial charge in [0.05, 0.1) is 29.2 Å². The van der Waals surface area contributed by atoms with Gasteiger partial charge in [-0.05, 0) is 59.2 Å². The van der Waals surface area contributed by atoms with Gasteiger partial charge in [-0.3, -0.25) is 0 Å². The van der Waals surface area contributed by atoms with E-state index in [1.807, 2.05) is 72.8 Å². The lowest BCUT2D eigenvalue weighted by molar-refractivity contribution is -0.142. The predicted molar refractivity (Wildman–Crippen MR) is 160 cm³/mol. The Kier molecular flexibility index (Phi) is 10.8. The number of rotatable bonds is 14. The normalized spacial score (nSPS) is 12.8. The maximum atomic E-state index is 11.5. The number of hydrogen-bond donors (Lipinski definition) is 3. The highest BCUT2D eigenvalue weighted by Gasteiger charge is 2.24. The van der Waals surface area contributed by atoms with Crippen molar-refractivity contribution < 1.29 is 34.4 Å². The fraction of sp³-hybridized carbons (Fsp3) is 0.194. The average Bonchev–Trinajstić information content (AvgIpc) is 2.96. The van der Waals surface area contributed by atoms with E-state index in [-0.39, 0.29) is 6.61 Å². The quantitative estimate of drug-likeness (QED) is 0.148. The van der Waals surface area contributed by atoms with Crippen molar-refractivity contribution in [3.05, 3.63) is 106 Å². The number of carboxylic acids is 2. The van der Waals surface area contributed by atoms with Crippen molar-refractivity contribution in [1.29, 1.82) is 0 Å². The van der Waals surface area contributed by atoms with Crippen molar-refractivity contribution in [2.24, 2.45) is 0 Å². The van der Waals surface area contributed by atoms with Crippen LogP contribution in [0.1, 0.15) is 33.7 Å². The Morgan fingerprint density at radius 1 is 0.902 bits per heavy atom. The molecule has 1 aromatic heterocycles. The molecule has 4 rings (SSSR count). The number of aliphatic hydroxyl groups excluding tert-OH is 1. The predicted octanol–water partition coefficient (Wildman–Crippen LogP) is 6.13. The third kappa shape index (κ3) is 9.06. The number of pyridine rings is 1. The fourth-order valence-corrected chi connectivity index (χ4v) is 5.40. The van der Waals surface area contributed by atoms with E-state index in [1.54, 1.807) is 18.2 Å². The molecule has 4 aromatic rings. The van der Waals surface area contributed by atoms with E-state index in [1.165, 1.54) is 11.8 Å². The second-order valence-electron chi connectivity index (χ2n) is 9.01. The molecule has 8 nitrogen and oxygen atoms in total. The van der Waals surface area contributed by atoms with Gasteiger partial charge in [0, 0.05) is 16.2 Å². The number of aromatic nitrogens is 1. The van der Waals surface area contributed by atoms with Crippen LogP contribution in [0, 0.1) is 0 Å². The van der Waals surface area contributed by atoms with Gasteiger partial charge in [0.2, 0.25) is 0 Å². The lowest BCUT2D eigenvalue weighted by Crippen LogP contribution is -2.13. The Bertz CT molecular complexity index is 1540. The molecule has 0 aliphatic carbocycles. The number of aliphatic hydroxyl groups is 1. The largest absolute Gasteiger partial charge is 0.482 e. The minimum Gasteiger partial charge on any atom is -0.482 e. The first kappa shape index (κ1) is 30.1. The fourth-order valence-electron chi connectivity index (χ4n) is 4.09. The molecule has 10 heteroatoms. The molecular weight excluding hydrogens is 566 g/mol. The van der Waals surface area contributed by atoms with Crippen molar-refractivity contribution in [3.8, 4) is 5.75 Å². The summed E-state index contributed by atoms with van der Waals surface area (Å²) < 4.78 is 10.5. The summed E-state index contributed by atoms with van der Waals surface area (Å²) in [6, 6.07) is 23.9. The van der Waals surface area contributed by atoms with Crippen LogP contribution in [0.25, 0.3) is 23.1 Å².